The Balaban J connectivity index is 1.23. The van der Waals surface area contributed by atoms with Crippen LogP contribution >= 0.6 is 0 Å². The Kier molecular flexibility index (Phi) is 6.32. The number of aryl methyl sites for hydroxylation is 2. The van der Waals surface area contributed by atoms with Crippen LogP contribution in [0.4, 0.5) is 15.4 Å². The van der Waals surface area contributed by atoms with Gasteiger partial charge in [-0.05, 0) is 44.9 Å². The molecule has 5 heterocycles. The maximum absolute atomic E-state index is 12.8. The molecule has 0 aromatic carbocycles. The first-order chi connectivity index (χ1) is 17.0. The molecular weight excluding hydrogens is 452 g/mol. The molecule has 0 radical (unpaired) electrons. The average molecular weight is 479 g/mol. The van der Waals surface area contributed by atoms with Gasteiger partial charge < -0.3 is 18.9 Å². The summed E-state index contributed by atoms with van der Waals surface area (Å²) in [5.74, 6) is 1.97. The lowest BCUT2D eigenvalue weighted by Gasteiger charge is -2.30. The van der Waals surface area contributed by atoms with Crippen LogP contribution in [0.3, 0.4) is 0 Å². The van der Waals surface area contributed by atoms with E-state index in [1.807, 2.05) is 6.92 Å². The Hall–Kier alpha value is -3.99. The lowest BCUT2D eigenvalue weighted by Crippen LogP contribution is -2.44. The number of amides is 4. The van der Waals surface area contributed by atoms with E-state index in [0.29, 0.717) is 60.8 Å². The van der Waals surface area contributed by atoms with Crippen LogP contribution in [0, 0.1) is 13.8 Å². The van der Waals surface area contributed by atoms with Crippen molar-refractivity contribution in [2.24, 2.45) is 0 Å². The molecule has 3 aromatic rings. The first kappa shape index (κ1) is 22.8. The van der Waals surface area contributed by atoms with E-state index >= 15 is 0 Å². The number of carbonyl (C=O) groups excluding carboxylic acids is 2. The second-order valence-corrected chi connectivity index (χ2v) is 8.49. The van der Waals surface area contributed by atoms with Crippen molar-refractivity contribution in [1.82, 2.24) is 24.9 Å². The van der Waals surface area contributed by atoms with Crippen LogP contribution in [-0.2, 0) is 4.74 Å². The van der Waals surface area contributed by atoms with Crippen molar-refractivity contribution in [3.05, 3.63) is 47.9 Å². The van der Waals surface area contributed by atoms with E-state index in [1.54, 1.807) is 48.4 Å². The fourth-order valence-corrected chi connectivity index (χ4v) is 4.20. The predicted molar refractivity (Wildman–Crippen MR) is 125 cm³/mol. The maximum atomic E-state index is 12.8. The molecule has 0 spiro atoms. The molecule has 0 aliphatic carbocycles. The third-order valence-electron chi connectivity index (χ3n) is 6.03. The molecule has 4 amide bonds. The van der Waals surface area contributed by atoms with Crippen LogP contribution in [0.15, 0.2) is 41.1 Å². The van der Waals surface area contributed by atoms with Crippen LogP contribution in [0.2, 0.25) is 0 Å². The van der Waals surface area contributed by atoms with E-state index in [0.717, 1.165) is 18.5 Å². The number of pyridine rings is 2. The number of imide groups is 1. The second kappa shape index (κ2) is 9.71. The van der Waals surface area contributed by atoms with Gasteiger partial charge in [0.15, 0.2) is 5.76 Å². The molecule has 2 fully saturated rings. The van der Waals surface area contributed by atoms with E-state index in [9.17, 15) is 9.59 Å². The number of nitrogens with one attached hydrogen (secondary N) is 1. The zero-order valence-corrected chi connectivity index (χ0v) is 19.6. The molecule has 2 aliphatic rings. The third kappa shape index (κ3) is 4.94. The van der Waals surface area contributed by atoms with E-state index in [4.69, 9.17) is 14.0 Å². The summed E-state index contributed by atoms with van der Waals surface area (Å²) in [5, 5.41) is 6.60. The zero-order valence-electron chi connectivity index (χ0n) is 19.6. The summed E-state index contributed by atoms with van der Waals surface area (Å²) in [7, 11) is 0. The van der Waals surface area contributed by atoms with Gasteiger partial charge in [-0.25, -0.2) is 19.5 Å². The zero-order chi connectivity index (χ0) is 24.4. The quantitative estimate of drug-likeness (QED) is 0.584. The highest BCUT2D eigenvalue weighted by Crippen LogP contribution is 2.28. The smallest absolute Gasteiger partial charge is 0.331 e. The van der Waals surface area contributed by atoms with Crippen LogP contribution in [0.25, 0.3) is 11.5 Å². The monoisotopic (exact) mass is 478 g/mol. The maximum Gasteiger partial charge on any atom is 0.331 e. The lowest BCUT2D eigenvalue weighted by molar-refractivity contribution is 0.0510. The van der Waals surface area contributed by atoms with Gasteiger partial charge in [-0.1, -0.05) is 5.16 Å². The normalized spacial score (nSPS) is 16.6. The van der Waals surface area contributed by atoms with Crippen molar-refractivity contribution in [1.29, 1.82) is 0 Å². The molecule has 0 bridgehead atoms. The number of ether oxygens (including phenoxy) is 2. The molecular formula is C24H26N6O5. The summed E-state index contributed by atoms with van der Waals surface area (Å²) in [5.41, 5.74) is 1.94. The summed E-state index contributed by atoms with van der Waals surface area (Å²) < 4.78 is 16.6. The van der Waals surface area contributed by atoms with Gasteiger partial charge in [0.05, 0.1) is 11.4 Å². The van der Waals surface area contributed by atoms with Gasteiger partial charge in [0, 0.05) is 50.7 Å². The molecule has 11 heteroatoms. The summed E-state index contributed by atoms with van der Waals surface area (Å²) in [6.45, 7) is 5.76. The molecule has 2 aliphatic heterocycles. The Labute approximate surface area is 202 Å². The fraction of sp³-hybridized carbons (Fsp3) is 0.375. The van der Waals surface area contributed by atoms with Crippen molar-refractivity contribution in [3.8, 4) is 23.0 Å². The second-order valence-electron chi connectivity index (χ2n) is 8.49. The average Bonchev–Trinajstić information content (AvgIpc) is 3.47. The summed E-state index contributed by atoms with van der Waals surface area (Å²) >= 11 is 0. The minimum Gasteiger partial charge on any atom is -0.455 e. The van der Waals surface area contributed by atoms with Crippen molar-refractivity contribution in [2.45, 2.75) is 32.7 Å². The number of carbonyl (C=O) groups is 2. The van der Waals surface area contributed by atoms with E-state index in [2.05, 4.69) is 20.4 Å². The summed E-state index contributed by atoms with van der Waals surface area (Å²) in [6, 6.07) is 7.98. The minimum atomic E-state index is -0.494. The van der Waals surface area contributed by atoms with E-state index in [1.165, 1.54) is 4.90 Å². The highest BCUT2D eigenvalue weighted by molar-refractivity contribution is 6.01. The SMILES string of the molecule is Cc1cc(-c2cc(Oc3ccc(NC(=O)N4CCN(C5CCOCC5)C4=O)nc3C)ccn2)on1. The van der Waals surface area contributed by atoms with Crippen molar-refractivity contribution < 1.29 is 23.6 Å². The highest BCUT2D eigenvalue weighted by Gasteiger charge is 2.37. The number of anilines is 1. The predicted octanol–water partition coefficient (Wildman–Crippen LogP) is 3.99. The molecule has 35 heavy (non-hydrogen) atoms. The molecule has 182 valence electrons. The number of rotatable bonds is 5. The van der Waals surface area contributed by atoms with Crippen LogP contribution in [0.5, 0.6) is 11.5 Å². The van der Waals surface area contributed by atoms with Crippen LogP contribution < -0.4 is 10.1 Å². The van der Waals surface area contributed by atoms with Gasteiger partial charge in [-0.2, -0.15) is 0 Å². The molecule has 3 aromatic heterocycles. The Bertz CT molecular complexity index is 1240. The Morgan fingerprint density at radius 3 is 2.71 bits per heavy atom. The highest BCUT2D eigenvalue weighted by atomic mass is 16.5. The molecule has 0 atom stereocenters. The van der Waals surface area contributed by atoms with Gasteiger partial charge in [0.1, 0.15) is 23.0 Å². The lowest BCUT2D eigenvalue weighted by atomic mass is 10.1. The van der Waals surface area contributed by atoms with Crippen molar-refractivity contribution >= 4 is 17.9 Å². The summed E-state index contributed by atoms with van der Waals surface area (Å²) in [4.78, 5) is 37.3. The molecule has 5 rings (SSSR count). The minimum absolute atomic E-state index is 0.118. The summed E-state index contributed by atoms with van der Waals surface area (Å²) in [6.07, 6.45) is 3.21. The van der Waals surface area contributed by atoms with Crippen LogP contribution in [-0.4, -0.2) is 69.3 Å². The first-order valence-corrected chi connectivity index (χ1v) is 11.5. The topological polar surface area (TPSA) is 123 Å². The fourth-order valence-electron chi connectivity index (χ4n) is 4.20. The van der Waals surface area contributed by atoms with Crippen LogP contribution in [0.1, 0.15) is 24.2 Å². The Morgan fingerprint density at radius 1 is 1.14 bits per heavy atom. The largest absolute Gasteiger partial charge is 0.455 e. The van der Waals surface area contributed by atoms with Gasteiger partial charge >= 0.3 is 12.1 Å². The Morgan fingerprint density at radius 2 is 1.97 bits per heavy atom. The van der Waals surface area contributed by atoms with Gasteiger partial charge in [-0.15, -0.1) is 0 Å². The first-order valence-electron chi connectivity index (χ1n) is 11.5. The van der Waals surface area contributed by atoms with Crippen molar-refractivity contribution in [3.63, 3.8) is 0 Å². The van der Waals surface area contributed by atoms with E-state index < -0.39 is 6.03 Å². The molecule has 0 unspecified atom stereocenters. The number of hydrogen-bond donors (Lipinski definition) is 1. The van der Waals surface area contributed by atoms with Gasteiger partial charge in [0.2, 0.25) is 0 Å². The standard InChI is InChI=1S/C24H26N6O5/c1-15-13-21(35-28-15)19-14-18(5-8-25-19)34-20-3-4-22(26-16(20)2)27-23(31)30-10-9-29(24(30)32)17-6-11-33-12-7-17/h3-5,8,13-14,17H,6-7,9-12H2,1-2H3,(H,26,27,31). The van der Waals surface area contributed by atoms with Crippen molar-refractivity contribution in [2.75, 3.05) is 31.6 Å². The van der Waals surface area contributed by atoms with E-state index in [-0.39, 0.29) is 12.1 Å². The molecule has 1 N–H and O–H groups in total. The third-order valence-corrected chi connectivity index (χ3v) is 6.03. The molecule has 0 saturated carbocycles. The number of hydrogen-bond acceptors (Lipinski definition) is 8. The van der Waals surface area contributed by atoms with Gasteiger partial charge in [0.25, 0.3) is 0 Å². The number of nitrogens with zero attached hydrogens (tertiary/aromatic N) is 5. The van der Waals surface area contributed by atoms with Gasteiger partial charge in [-0.3, -0.25) is 10.3 Å². The molecule has 11 nitrogen and oxygen atoms in total. The number of aromatic nitrogens is 3. The molecule has 2 saturated heterocycles. The number of urea groups is 2.